The summed E-state index contributed by atoms with van der Waals surface area (Å²) in [5.41, 5.74) is 0.960. The lowest BCUT2D eigenvalue weighted by molar-refractivity contribution is 0.321. The van der Waals surface area contributed by atoms with Crippen molar-refractivity contribution in [1.29, 1.82) is 0 Å². The molecule has 2 N–H and O–H groups in total. The molecule has 6 heteroatoms. The number of hydrogen-bond acceptors (Lipinski definition) is 4. The van der Waals surface area contributed by atoms with E-state index in [9.17, 15) is 0 Å². The molecule has 0 heterocycles. The van der Waals surface area contributed by atoms with Gasteiger partial charge < -0.3 is 10.4 Å². The Morgan fingerprint density at radius 1 is 1.00 bits per heavy atom. The topological polar surface area (TPSA) is 65.2 Å². The Morgan fingerprint density at radius 3 is 1.79 bits per heavy atom. The predicted molar refractivity (Wildman–Crippen MR) is 54.8 cm³/mol. The van der Waals surface area contributed by atoms with Crippen LogP contribution in [0.3, 0.4) is 0 Å². The Kier molecular flexibility index (Phi) is 3.73. The molecule has 1 aromatic rings. The van der Waals surface area contributed by atoms with E-state index in [1.807, 2.05) is 0 Å². The molecule has 0 aromatic heterocycles. The summed E-state index contributed by atoms with van der Waals surface area (Å²) < 4.78 is 0. The van der Waals surface area contributed by atoms with E-state index in [0.29, 0.717) is 11.1 Å². The Bertz CT molecular complexity index is 357. The second-order valence-corrected chi connectivity index (χ2v) is 3.08. The van der Waals surface area contributed by atoms with Crippen LogP contribution in [0.15, 0.2) is 34.6 Å². The van der Waals surface area contributed by atoms with Crippen LogP contribution in [0, 0.1) is 0 Å². The first-order chi connectivity index (χ1) is 6.69. The van der Waals surface area contributed by atoms with Crippen molar-refractivity contribution in [3.05, 3.63) is 35.4 Å². The molecule has 74 valence electrons. The third-order valence-electron chi connectivity index (χ3n) is 1.51. The number of rotatable bonds is 2. The molecule has 0 aliphatic heterocycles. The van der Waals surface area contributed by atoms with Crippen molar-refractivity contribution >= 4 is 33.5 Å². The standard InChI is InChI=1S/C8H6Cl2N2O2/c9-7(11-13)5-2-1-3-6(4-5)8(10)12-14/h1-4,13-14H. The fraction of sp³-hybridized carbons (Fsp3) is 0. The number of hydrogen-bond donors (Lipinski definition) is 2. The second kappa shape index (κ2) is 4.83. The van der Waals surface area contributed by atoms with E-state index in [1.54, 1.807) is 18.2 Å². The largest absolute Gasteiger partial charge is 0.410 e. The minimum Gasteiger partial charge on any atom is -0.410 e. The average Bonchev–Trinajstić information content (AvgIpc) is 2.27. The summed E-state index contributed by atoms with van der Waals surface area (Å²) in [6.45, 7) is 0. The summed E-state index contributed by atoms with van der Waals surface area (Å²) in [6, 6.07) is 6.44. The van der Waals surface area contributed by atoms with E-state index in [-0.39, 0.29) is 10.3 Å². The molecular weight excluding hydrogens is 227 g/mol. The SMILES string of the molecule is ON=C(Cl)c1cccc(C(Cl)=NO)c1. The van der Waals surface area contributed by atoms with Crippen molar-refractivity contribution in [2.75, 3.05) is 0 Å². The van der Waals surface area contributed by atoms with Gasteiger partial charge in [-0.05, 0) is 6.07 Å². The van der Waals surface area contributed by atoms with Gasteiger partial charge in [-0.2, -0.15) is 0 Å². The molecule has 1 aromatic carbocycles. The maximum atomic E-state index is 8.42. The fourth-order valence-electron chi connectivity index (χ4n) is 0.891. The molecule has 0 aliphatic rings. The molecule has 0 radical (unpaired) electrons. The van der Waals surface area contributed by atoms with Crippen molar-refractivity contribution in [2.45, 2.75) is 0 Å². The molecule has 0 bridgehead atoms. The highest BCUT2D eigenvalue weighted by molar-refractivity contribution is 6.70. The Balaban J connectivity index is 3.14. The van der Waals surface area contributed by atoms with E-state index < -0.39 is 0 Å². The molecule has 0 spiro atoms. The van der Waals surface area contributed by atoms with Crippen molar-refractivity contribution in [2.24, 2.45) is 10.3 Å². The molecule has 0 saturated carbocycles. The van der Waals surface area contributed by atoms with Gasteiger partial charge in [-0.3, -0.25) is 0 Å². The molecule has 0 amide bonds. The van der Waals surface area contributed by atoms with Crippen LogP contribution in [0.2, 0.25) is 0 Å². The van der Waals surface area contributed by atoms with Gasteiger partial charge >= 0.3 is 0 Å². The molecule has 0 unspecified atom stereocenters. The lowest BCUT2D eigenvalue weighted by Crippen LogP contribution is -1.96. The molecule has 14 heavy (non-hydrogen) atoms. The summed E-state index contributed by atoms with van der Waals surface area (Å²) >= 11 is 11.1. The quantitative estimate of drug-likeness (QED) is 0.468. The first kappa shape index (κ1) is 10.8. The van der Waals surface area contributed by atoms with Crippen molar-refractivity contribution < 1.29 is 10.4 Å². The second-order valence-electron chi connectivity index (χ2n) is 2.36. The van der Waals surface area contributed by atoms with Crippen molar-refractivity contribution in [1.82, 2.24) is 0 Å². The van der Waals surface area contributed by atoms with E-state index >= 15 is 0 Å². The zero-order valence-corrected chi connectivity index (χ0v) is 8.37. The van der Waals surface area contributed by atoms with Crippen molar-refractivity contribution in [3.8, 4) is 0 Å². The molecule has 0 fully saturated rings. The highest BCUT2D eigenvalue weighted by Crippen LogP contribution is 2.11. The number of nitrogens with zero attached hydrogens (tertiary/aromatic N) is 2. The summed E-state index contributed by atoms with van der Waals surface area (Å²) in [6.07, 6.45) is 0. The van der Waals surface area contributed by atoms with Crippen LogP contribution < -0.4 is 0 Å². The van der Waals surface area contributed by atoms with E-state index in [0.717, 1.165) is 0 Å². The van der Waals surface area contributed by atoms with Crippen LogP contribution in [-0.4, -0.2) is 20.8 Å². The number of oxime groups is 2. The maximum Gasteiger partial charge on any atom is 0.175 e. The van der Waals surface area contributed by atoms with Gasteiger partial charge in [0.05, 0.1) is 0 Å². The zero-order valence-electron chi connectivity index (χ0n) is 6.85. The first-order valence-corrected chi connectivity index (χ1v) is 4.30. The van der Waals surface area contributed by atoms with Gasteiger partial charge in [0.15, 0.2) is 10.3 Å². The highest BCUT2D eigenvalue weighted by atomic mass is 35.5. The zero-order chi connectivity index (χ0) is 10.6. The summed E-state index contributed by atoms with van der Waals surface area (Å²) in [7, 11) is 0. The summed E-state index contributed by atoms with van der Waals surface area (Å²) in [5, 5.41) is 22.4. The highest BCUT2D eigenvalue weighted by Gasteiger charge is 2.04. The fourth-order valence-corrected chi connectivity index (χ4v) is 1.13. The van der Waals surface area contributed by atoms with Crippen LogP contribution in [-0.2, 0) is 0 Å². The predicted octanol–water partition coefficient (Wildman–Crippen LogP) is 2.44. The molecule has 4 nitrogen and oxygen atoms in total. The van der Waals surface area contributed by atoms with E-state index in [1.165, 1.54) is 6.07 Å². The van der Waals surface area contributed by atoms with Gasteiger partial charge in [0, 0.05) is 11.1 Å². The minimum atomic E-state index is -0.0609. The lowest BCUT2D eigenvalue weighted by atomic mass is 10.1. The van der Waals surface area contributed by atoms with Crippen LogP contribution in [0.1, 0.15) is 11.1 Å². The van der Waals surface area contributed by atoms with Crippen LogP contribution >= 0.6 is 23.2 Å². The Morgan fingerprint density at radius 2 is 1.43 bits per heavy atom. The third-order valence-corrected chi connectivity index (χ3v) is 2.10. The smallest absolute Gasteiger partial charge is 0.175 e. The Labute approximate surface area is 90.1 Å². The molecular formula is C8H6Cl2N2O2. The molecule has 0 aliphatic carbocycles. The van der Waals surface area contributed by atoms with Gasteiger partial charge in [-0.15, -0.1) is 0 Å². The lowest BCUT2D eigenvalue weighted by Gasteiger charge is -1.99. The van der Waals surface area contributed by atoms with Gasteiger partial charge in [0.25, 0.3) is 0 Å². The van der Waals surface area contributed by atoms with Crippen LogP contribution in [0.4, 0.5) is 0 Å². The molecule has 0 atom stereocenters. The maximum absolute atomic E-state index is 8.42. The van der Waals surface area contributed by atoms with Gasteiger partial charge in [-0.1, -0.05) is 51.7 Å². The van der Waals surface area contributed by atoms with Crippen molar-refractivity contribution in [3.63, 3.8) is 0 Å². The first-order valence-electron chi connectivity index (χ1n) is 3.55. The van der Waals surface area contributed by atoms with E-state index in [4.69, 9.17) is 33.6 Å². The number of benzene rings is 1. The van der Waals surface area contributed by atoms with Crippen LogP contribution in [0.25, 0.3) is 0 Å². The van der Waals surface area contributed by atoms with Gasteiger partial charge in [-0.25, -0.2) is 0 Å². The normalized spacial score (nSPS) is 13.0. The molecule has 1 rings (SSSR count). The average molecular weight is 233 g/mol. The van der Waals surface area contributed by atoms with E-state index in [2.05, 4.69) is 10.3 Å². The third kappa shape index (κ3) is 2.37. The van der Waals surface area contributed by atoms with Crippen LogP contribution in [0.5, 0.6) is 0 Å². The summed E-state index contributed by atoms with van der Waals surface area (Å²) in [5.74, 6) is 0. The molecule has 0 saturated heterocycles. The minimum absolute atomic E-state index is 0.0609. The summed E-state index contributed by atoms with van der Waals surface area (Å²) in [4.78, 5) is 0. The van der Waals surface area contributed by atoms with Gasteiger partial charge in [0.2, 0.25) is 0 Å². The monoisotopic (exact) mass is 232 g/mol. The van der Waals surface area contributed by atoms with Gasteiger partial charge in [0.1, 0.15) is 0 Å². The number of halogens is 2. The Hall–Kier alpha value is -1.26.